The van der Waals surface area contributed by atoms with Crippen LogP contribution in [-0.2, 0) is 11.2 Å². The van der Waals surface area contributed by atoms with Gasteiger partial charge < -0.3 is 5.73 Å². The van der Waals surface area contributed by atoms with Crippen LogP contribution >= 0.6 is 27.3 Å². The van der Waals surface area contributed by atoms with Crippen LogP contribution in [0.3, 0.4) is 0 Å². The van der Waals surface area contributed by atoms with Gasteiger partial charge in [-0.25, -0.2) is 0 Å². The molecule has 2 nitrogen and oxygen atoms in total. The van der Waals surface area contributed by atoms with E-state index >= 15 is 0 Å². The molecule has 0 bridgehead atoms. The SMILES string of the molecule is CC(Cc1ccc(Br)s1)C(N)=O. The minimum atomic E-state index is -0.237. The molecule has 0 saturated heterocycles. The van der Waals surface area contributed by atoms with Gasteiger partial charge in [0.1, 0.15) is 0 Å². The highest BCUT2D eigenvalue weighted by Gasteiger charge is 2.10. The molecule has 1 amide bonds. The van der Waals surface area contributed by atoms with E-state index < -0.39 is 0 Å². The quantitative estimate of drug-likeness (QED) is 0.875. The molecule has 1 aromatic heterocycles. The lowest BCUT2D eigenvalue weighted by atomic mass is 10.1. The van der Waals surface area contributed by atoms with E-state index in [1.54, 1.807) is 11.3 Å². The van der Waals surface area contributed by atoms with Crippen molar-refractivity contribution in [1.82, 2.24) is 0 Å². The molecule has 0 aliphatic heterocycles. The number of rotatable bonds is 3. The second kappa shape index (κ2) is 4.05. The fourth-order valence-electron chi connectivity index (χ4n) is 0.864. The van der Waals surface area contributed by atoms with Crippen LogP contribution in [0, 0.1) is 5.92 Å². The van der Waals surface area contributed by atoms with Crippen LogP contribution in [-0.4, -0.2) is 5.91 Å². The Morgan fingerprint density at radius 1 is 1.75 bits per heavy atom. The summed E-state index contributed by atoms with van der Waals surface area (Å²) in [7, 11) is 0. The van der Waals surface area contributed by atoms with Gasteiger partial charge in [0.15, 0.2) is 0 Å². The highest BCUT2D eigenvalue weighted by atomic mass is 79.9. The average molecular weight is 248 g/mol. The maximum atomic E-state index is 10.7. The number of carbonyl (C=O) groups is 1. The number of amides is 1. The van der Waals surface area contributed by atoms with E-state index in [-0.39, 0.29) is 11.8 Å². The van der Waals surface area contributed by atoms with Crippen LogP contribution in [0.2, 0.25) is 0 Å². The topological polar surface area (TPSA) is 43.1 Å². The number of thiophene rings is 1. The fraction of sp³-hybridized carbons (Fsp3) is 0.375. The first-order valence-corrected chi connectivity index (χ1v) is 5.24. The van der Waals surface area contributed by atoms with E-state index in [0.29, 0.717) is 0 Å². The summed E-state index contributed by atoms with van der Waals surface area (Å²) in [4.78, 5) is 11.9. The van der Waals surface area contributed by atoms with Gasteiger partial charge in [-0.15, -0.1) is 11.3 Å². The van der Waals surface area contributed by atoms with E-state index in [4.69, 9.17) is 5.73 Å². The van der Waals surface area contributed by atoms with Gasteiger partial charge in [0.05, 0.1) is 3.79 Å². The van der Waals surface area contributed by atoms with Crippen molar-refractivity contribution < 1.29 is 4.79 Å². The second-order valence-electron chi connectivity index (χ2n) is 2.71. The lowest BCUT2D eigenvalue weighted by molar-refractivity contribution is -0.121. The minimum Gasteiger partial charge on any atom is -0.369 e. The maximum absolute atomic E-state index is 10.7. The van der Waals surface area contributed by atoms with Gasteiger partial charge in [0.25, 0.3) is 0 Å². The predicted octanol–water partition coefficient (Wildman–Crippen LogP) is 2.17. The van der Waals surface area contributed by atoms with Crippen molar-refractivity contribution in [3.05, 3.63) is 20.8 Å². The van der Waals surface area contributed by atoms with Gasteiger partial charge in [-0.3, -0.25) is 4.79 Å². The third-order valence-electron chi connectivity index (χ3n) is 1.62. The van der Waals surface area contributed by atoms with Crippen LogP contribution in [0.4, 0.5) is 0 Å². The van der Waals surface area contributed by atoms with E-state index in [2.05, 4.69) is 15.9 Å². The van der Waals surface area contributed by atoms with Crippen molar-refractivity contribution in [2.75, 3.05) is 0 Å². The summed E-state index contributed by atoms with van der Waals surface area (Å²) in [5.74, 6) is -0.310. The zero-order valence-corrected chi connectivity index (χ0v) is 9.11. The number of halogens is 1. The summed E-state index contributed by atoms with van der Waals surface area (Å²) in [5, 5.41) is 0. The van der Waals surface area contributed by atoms with E-state index in [0.717, 1.165) is 10.2 Å². The molecule has 1 heterocycles. The van der Waals surface area contributed by atoms with Crippen LogP contribution in [0.1, 0.15) is 11.8 Å². The van der Waals surface area contributed by atoms with Crippen LogP contribution < -0.4 is 5.73 Å². The molecule has 0 saturated carbocycles. The molecule has 66 valence electrons. The van der Waals surface area contributed by atoms with Crippen molar-refractivity contribution in [2.45, 2.75) is 13.3 Å². The third-order valence-corrected chi connectivity index (χ3v) is 3.27. The highest BCUT2D eigenvalue weighted by molar-refractivity contribution is 9.11. The van der Waals surface area contributed by atoms with E-state index in [9.17, 15) is 4.79 Å². The number of hydrogen-bond acceptors (Lipinski definition) is 2. The van der Waals surface area contributed by atoms with Gasteiger partial charge >= 0.3 is 0 Å². The molecule has 4 heteroatoms. The van der Waals surface area contributed by atoms with Gasteiger partial charge in [-0.05, 0) is 34.5 Å². The Bertz CT molecular complexity index is 284. The zero-order valence-electron chi connectivity index (χ0n) is 6.71. The number of hydrogen-bond donors (Lipinski definition) is 1. The van der Waals surface area contributed by atoms with E-state index in [1.165, 1.54) is 4.88 Å². The lowest BCUT2D eigenvalue weighted by Crippen LogP contribution is -2.21. The lowest BCUT2D eigenvalue weighted by Gasteiger charge is -2.03. The summed E-state index contributed by atoms with van der Waals surface area (Å²) >= 11 is 5.00. The first-order chi connectivity index (χ1) is 5.59. The molecule has 2 N–H and O–H groups in total. The van der Waals surface area contributed by atoms with Gasteiger partial charge in [0, 0.05) is 10.8 Å². The number of nitrogens with two attached hydrogens (primary N) is 1. The van der Waals surface area contributed by atoms with Crippen molar-refractivity contribution in [3.63, 3.8) is 0 Å². The molecule has 1 aromatic rings. The molecule has 0 aliphatic carbocycles. The first kappa shape index (κ1) is 9.74. The molecule has 1 unspecified atom stereocenters. The third kappa shape index (κ3) is 2.60. The Labute approximate surface area is 83.9 Å². The smallest absolute Gasteiger partial charge is 0.220 e. The molecule has 0 aliphatic rings. The Balaban J connectivity index is 2.58. The molecule has 0 radical (unpaired) electrons. The Morgan fingerprint density at radius 2 is 2.42 bits per heavy atom. The van der Waals surface area contributed by atoms with E-state index in [1.807, 2.05) is 19.1 Å². The monoisotopic (exact) mass is 247 g/mol. The van der Waals surface area contributed by atoms with Gasteiger partial charge in [-0.2, -0.15) is 0 Å². The van der Waals surface area contributed by atoms with Crippen molar-refractivity contribution in [1.29, 1.82) is 0 Å². The van der Waals surface area contributed by atoms with Crippen molar-refractivity contribution in [2.24, 2.45) is 11.7 Å². The van der Waals surface area contributed by atoms with Crippen LogP contribution in [0.5, 0.6) is 0 Å². The normalized spacial score (nSPS) is 12.8. The summed E-state index contributed by atoms with van der Waals surface area (Å²) in [6, 6.07) is 3.99. The standard InChI is InChI=1S/C8H10BrNOS/c1-5(8(10)11)4-6-2-3-7(9)12-6/h2-3,5H,4H2,1H3,(H2,10,11). The van der Waals surface area contributed by atoms with Crippen molar-refractivity contribution in [3.8, 4) is 0 Å². The molecule has 0 spiro atoms. The minimum absolute atomic E-state index is 0.0736. The zero-order chi connectivity index (χ0) is 9.14. The highest BCUT2D eigenvalue weighted by Crippen LogP contribution is 2.24. The molecule has 1 rings (SSSR count). The molecule has 1 atom stereocenters. The molecule has 0 fully saturated rings. The maximum Gasteiger partial charge on any atom is 0.220 e. The molecule has 0 aromatic carbocycles. The predicted molar refractivity (Wildman–Crippen MR) is 54.1 cm³/mol. The summed E-state index contributed by atoms with van der Waals surface area (Å²) in [6.45, 7) is 1.84. The summed E-state index contributed by atoms with van der Waals surface area (Å²) < 4.78 is 1.09. The Kier molecular flexibility index (Phi) is 3.29. The largest absolute Gasteiger partial charge is 0.369 e. The van der Waals surface area contributed by atoms with Crippen LogP contribution in [0.25, 0.3) is 0 Å². The fourth-order valence-corrected chi connectivity index (χ4v) is 2.48. The molecular formula is C8H10BrNOS. The summed E-state index contributed by atoms with van der Waals surface area (Å²) in [5.41, 5.74) is 5.14. The van der Waals surface area contributed by atoms with Crippen LogP contribution in [0.15, 0.2) is 15.9 Å². The average Bonchev–Trinajstić information content (AvgIpc) is 2.35. The summed E-state index contributed by atoms with van der Waals surface area (Å²) in [6.07, 6.45) is 0.742. The molecular weight excluding hydrogens is 238 g/mol. The number of carbonyl (C=O) groups excluding carboxylic acids is 1. The molecule has 12 heavy (non-hydrogen) atoms. The van der Waals surface area contributed by atoms with Gasteiger partial charge in [0.2, 0.25) is 5.91 Å². The second-order valence-corrected chi connectivity index (χ2v) is 5.26. The first-order valence-electron chi connectivity index (χ1n) is 3.63. The Hall–Kier alpha value is -0.350. The van der Waals surface area contributed by atoms with Gasteiger partial charge in [-0.1, -0.05) is 6.92 Å². The number of primary amides is 1. The van der Waals surface area contributed by atoms with Crippen molar-refractivity contribution >= 4 is 33.2 Å². The Morgan fingerprint density at radius 3 is 2.83 bits per heavy atom.